The molecule has 0 aliphatic heterocycles. The van der Waals surface area contributed by atoms with Crippen LogP contribution < -0.4 is 10.4 Å². The standard InChI is InChI=1S/C21H17N3O5/c1-13-8-21(27)29-20-9-17(6-7-18(13)20)28-12-15-10-24(23-22-15)11-19(26)14-2-4-16(25)5-3-14/h2-10,25H,11-12H2,1H3. The molecule has 0 atom stereocenters. The summed E-state index contributed by atoms with van der Waals surface area (Å²) in [4.78, 5) is 23.8. The lowest BCUT2D eigenvalue weighted by atomic mass is 10.1. The largest absolute Gasteiger partial charge is 0.508 e. The first kappa shape index (κ1) is 18.4. The smallest absolute Gasteiger partial charge is 0.336 e. The number of rotatable bonds is 6. The second-order valence-corrected chi connectivity index (χ2v) is 6.57. The number of carbonyl (C=O) groups excluding carboxylic acids is 1. The number of aromatic hydroxyl groups is 1. The molecule has 8 nitrogen and oxygen atoms in total. The zero-order valence-corrected chi connectivity index (χ0v) is 15.5. The summed E-state index contributed by atoms with van der Waals surface area (Å²) in [5, 5.41) is 18.1. The van der Waals surface area contributed by atoms with Gasteiger partial charge in [-0.1, -0.05) is 5.21 Å². The number of ketones is 1. The van der Waals surface area contributed by atoms with Crippen LogP contribution in [0, 0.1) is 6.92 Å². The Hall–Kier alpha value is -3.94. The Morgan fingerprint density at radius 1 is 1.17 bits per heavy atom. The van der Waals surface area contributed by atoms with Crippen LogP contribution in [0.5, 0.6) is 11.5 Å². The maximum absolute atomic E-state index is 12.3. The maximum Gasteiger partial charge on any atom is 0.336 e. The van der Waals surface area contributed by atoms with Crippen LogP contribution in [0.2, 0.25) is 0 Å². The zero-order valence-electron chi connectivity index (χ0n) is 15.5. The molecule has 2 aromatic heterocycles. The van der Waals surface area contributed by atoms with E-state index in [-0.39, 0.29) is 24.7 Å². The molecule has 0 aliphatic rings. The molecule has 146 valence electrons. The highest BCUT2D eigenvalue weighted by Crippen LogP contribution is 2.22. The quantitative estimate of drug-likeness (QED) is 0.398. The minimum Gasteiger partial charge on any atom is -0.508 e. The number of hydrogen-bond donors (Lipinski definition) is 1. The minimum absolute atomic E-state index is 0.0260. The molecule has 0 saturated heterocycles. The first-order valence-corrected chi connectivity index (χ1v) is 8.86. The van der Waals surface area contributed by atoms with E-state index in [1.807, 2.05) is 13.0 Å². The molecular weight excluding hydrogens is 374 g/mol. The van der Waals surface area contributed by atoms with Gasteiger partial charge in [0.25, 0.3) is 0 Å². The van der Waals surface area contributed by atoms with Crippen LogP contribution in [0.25, 0.3) is 11.0 Å². The first-order chi connectivity index (χ1) is 14.0. The molecule has 0 amide bonds. The predicted octanol–water partition coefficient (Wildman–Crippen LogP) is 2.86. The van der Waals surface area contributed by atoms with Gasteiger partial charge in [0.05, 0.1) is 6.20 Å². The molecule has 2 aromatic carbocycles. The number of Topliss-reactive ketones (excluding diaryl/α,β-unsaturated/α-hetero) is 1. The van der Waals surface area contributed by atoms with E-state index in [0.29, 0.717) is 22.6 Å². The Labute approximate surface area is 165 Å². The van der Waals surface area contributed by atoms with E-state index in [0.717, 1.165) is 10.9 Å². The number of hydrogen-bond acceptors (Lipinski definition) is 7. The van der Waals surface area contributed by atoms with Crippen LogP contribution in [-0.2, 0) is 13.2 Å². The Morgan fingerprint density at radius 3 is 2.76 bits per heavy atom. The summed E-state index contributed by atoms with van der Waals surface area (Å²) >= 11 is 0. The fourth-order valence-electron chi connectivity index (χ4n) is 2.92. The summed E-state index contributed by atoms with van der Waals surface area (Å²) in [5.41, 5.74) is 1.91. The molecule has 29 heavy (non-hydrogen) atoms. The van der Waals surface area contributed by atoms with Gasteiger partial charge in [0, 0.05) is 23.1 Å². The van der Waals surface area contributed by atoms with Crippen LogP contribution >= 0.6 is 0 Å². The third-order valence-electron chi connectivity index (χ3n) is 4.39. The summed E-state index contributed by atoms with van der Waals surface area (Å²) in [6.07, 6.45) is 1.63. The molecule has 8 heteroatoms. The summed E-state index contributed by atoms with van der Waals surface area (Å²) in [7, 11) is 0. The van der Waals surface area contributed by atoms with E-state index in [1.165, 1.54) is 22.9 Å². The van der Waals surface area contributed by atoms with Gasteiger partial charge in [-0.3, -0.25) is 4.79 Å². The van der Waals surface area contributed by atoms with Gasteiger partial charge in [0.1, 0.15) is 35.9 Å². The number of carbonyl (C=O) groups is 1. The highest BCUT2D eigenvalue weighted by Gasteiger charge is 2.10. The van der Waals surface area contributed by atoms with Crippen molar-refractivity contribution < 1.29 is 19.1 Å². The van der Waals surface area contributed by atoms with E-state index < -0.39 is 5.63 Å². The Balaban J connectivity index is 1.41. The lowest BCUT2D eigenvalue weighted by Gasteiger charge is -2.06. The van der Waals surface area contributed by atoms with Crippen molar-refractivity contribution in [3.8, 4) is 11.5 Å². The number of aromatic nitrogens is 3. The Bertz CT molecular complexity index is 1240. The van der Waals surface area contributed by atoms with Crippen molar-refractivity contribution in [2.75, 3.05) is 0 Å². The van der Waals surface area contributed by atoms with Gasteiger partial charge in [-0.2, -0.15) is 0 Å². The molecule has 2 heterocycles. The summed E-state index contributed by atoms with van der Waals surface area (Å²) in [6.45, 7) is 2.02. The van der Waals surface area contributed by atoms with E-state index in [4.69, 9.17) is 9.15 Å². The van der Waals surface area contributed by atoms with Gasteiger partial charge < -0.3 is 14.3 Å². The van der Waals surface area contributed by atoms with Gasteiger partial charge >= 0.3 is 5.63 Å². The van der Waals surface area contributed by atoms with Crippen molar-refractivity contribution in [1.29, 1.82) is 0 Å². The highest BCUT2D eigenvalue weighted by atomic mass is 16.5. The van der Waals surface area contributed by atoms with Crippen LogP contribution in [0.4, 0.5) is 0 Å². The molecule has 0 radical (unpaired) electrons. The molecule has 0 aliphatic carbocycles. The molecule has 0 unspecified atom stereocenters. The minimum atomic E-state index is -0.409. The number of nitrogens with zero attached hydrogens (tertiary/aromatic N) is 3. The fourth-order valence-corrected chi connectivity index (χ4v) is 2.92. The van der Waals surface area contributed by atoms with Crippen molar-refractivity contribution in [3.05, 3.63) is 82.0 Å². The molecule has 0 bridgehead atoms. The fraction of sp³-hybridized carbons (Fsp3) is 0.143. The molecule has 0 fully saturated rings. The summed E-state index contributed by atoms with van der Waals surface area (Å²) in [5.74, 6) is 0.480. The second kappa shape index (κ2) is 7.59. The predicted molar refractivity (Wildman–Crippen MR) is 104 cm³/mol. The van der Waals surface area contributed by atoms with Gasteiger partial charge in [-0.05, 0) is 48.9 Å². The van der Waals surface area contributed by atoms with E-state index in [1.54, 1.807) is 30.5 Å². The Morgan fingerprint density at radius 2 is 1.97 bits per heavy atom. The number of ether oxygens (including phenoxy) is 1. The van der Waals surface area contributed by atoms with Crippen molar-refractivity contribution in [3.63, 3.8) is 0 Å². The lowest BCUT2D eigenvalue weighted by Crippen LogP contribution is -2.10. The van der Waals surface area contributed by atoms with Crippen molar-refractivity contribution in [2.24, 2.45) is 0 Å². The van der Waals surface area contributed by atoms with Gasteiger partial charge in [-0.25, -0.2) is 9.48 Å². The highest BCUT2D eigenvalue weighted by molar-refractivity contribution is 5.95. The number of phenols is 1. The normalized spacial score (nSPS) is 10.9. The lowest BCUT2D eigenvalue weighted by molar-refractivity contribution is 0.0967. The number of phenolic OH excluding ortho intramolecular Hbond substituents is 1. The average molecular weight is 391 g/mol. The van der Waals surface area contributed by atoms with Gasteiger partial charge in [-0.15, -0.1) is 5.10 Å². The Kier molecular flexibility index (Phi) is 4.82. The number of aryl methyl sites for hydroxylation is 1. The van der Waals surface area contributed by atoms with Gasteiger partial charge in [0.2, 0.25) is 0 Å². The second-order valence-electron chi connectivity index (χ2n) is 6.57. The topological polar surface area (TPSA) is 107 Å². The number of fused-ring (bicyclic) bond motifs is 1. The van der Waals surface area contributed by atoms with Crippen molar-refractivity contribution in [1.82, 2.24) is 15.0 Å². The molecule has 0 saturated carbocycles. The van der Waals surface area contributed by atoms with E-state index in [9.17, 15) is 14.7 Å². The first-order valence-electron chi connectivity index (χ1n) is 8.86. The third kappa shape index (κ3) is 4.16. The van der Waals surface area contributed by atoms with E-state index in [2.05, 4.69) is 10.3 Å². The molecule has 1 N–H and O–H groups in total. The van der Waals surface area contributed by atoms with Crippen LogP contribution in [0.3, 0.4) is 0 Å². The number of benzene rings is 2. The van der Waals surface area contributed by atoms with Crippen LogP contribution in [0.1, 0.15) is 21.6 Å². The van der Waals surface area contributed by atoms with Crippen molar-refractivity contribution >= 4 is 16.8 Å². The molecule has 0 spiro atoms. The summed E-state index contributed by atoms with van der Waals surface area (Å²) in [6, 6.07) is 12.7. The third-order valence-corrected chi connectivity index (χ3v) is 4.39. The average Bonchev–Trinajstić information content (AvgIpc) is 3.13. The monoisotopic (exact) mass is 391 g/mol. The molecular formula is C21H17N3O5. The molecule has 4 rings (SSSR count). The summed E-state index contributed by atoms with van der Waals surface area (Å²) < 4.78 is 12.3. The SMILES string of the molecule is Cc1cc(=O)oc2cc(OCc3cn(CC(=O)c4ccc(O)cc4)nn3)ccc12. The van der Waals surface area contributed by atoms with Crippen molar-refractivity contribution in [2.45, 2.75) is 20.1 Å². The van der Waals surface area contributed by atoms with E-state index >= 15 is 0 Å². The maximum atomic E-state index is 12.3. The zero-order chi connectivity index (χ0) is 20.4. The van der Waals surface area contributed by atoms with Gasteiger partial charge in [0.15, 0.2) is 5.78 Å². The van der Waals surface area contributed by atoms with Crippen LogP contribution in [-0.4, -0.2) is 25.9 Å². The van der Waals surface area contributed by atoms with Crippen LogP contribution in [0.15, 0.2) is 63.9 Å². The molecule has 4 aromatic rings.